The fourth-order valence-electron chi connectivity index (χ4n) is 4.24. The Bertz CT molecular complexity index is 1220. The fraction of sp³-hybridized carbons (Fsp3) is 0.310. The summed E-state index contributed by atoms with van der Waals surface area (Å²) in [5.41, 5.74) is 3.37. The highest BCUT2D eigenvalue weighted by Gasteiger charge is 2.24. The minimum atomic E-state index is -0.178. The van der Waals surface area contributed by atoms with E-state index in [-0.39, 0.29) is 12.1 Å². The van der Waals surface area contributed by atoms with Crippen molar-refractivity contribution in [1.82, 2.24) is 9.80 Å². The minimum absolute atomic E-state index is 0.116. The van der Waals surface area contributed by atoms with E-state index in [9.17, 15) is 4.79 Å². The highest BCUT2D eigenvalue weighted by molar-refractivity contribution is 5.89. The number of anilines is 1. The van der Waals surface area contributed by atoms with Crippen molar-refractivity contribution in [1.29, 1.82) is 5.26 Å². The van der Waals surface area contributed by atoms with E-state index in [1.165, 1.54) is 0 Å². The number of urea groups is 1. The Kier molecular flexibility index (Phi) is 8.98. The molecule has 192 valence electrons. The molecule has 0 aliphatic carbocycles. The Morgan fingerprint density at radius 2 is 1.62 bits per heavy atom. The predicted molar refractivity (Wildman–Crippen MR) is 142 cm³/mol. The van der Waals surface area contributed by atoms with Crippen molar-refractivity contribution in [3.05, 3.63) is 89.5 Å². The molecule has 3 aromatic rings. The Balaban J connectivity index is 1.36. The summed E-state index contributed by atoms with van der Waals surface area (Å²) < 4.78 is 17.0. The quantitative estimate of drug-likeness (QED) is 0.459. The Morgan fingerprint density at radius 3 is 2.30 bits per heavy atom. The molecular weight excluding hydrogens is 468 g/mol. The van der Waals surface area contributed by atoms with Gasteiger partial charge in [-0.15, -0.1) is 0 Å². The molecule has 0 bridgehead atoms. The van der Waals surface area contributed by atoms with E-state index in [0.29, 0.717) is 43.2 Å². The van der Waals surface area contributed by atoms with Crippen molar-refractivity contribution < 1.29 is 19.0 Å². The lowest BCUT2D eigenvalue weighted by Crippen LogP contribution is -2.50. The first-order valence-electron chi connectivity index (χ1n) is 12.2. The van der Waals surface area contributed by atoms with Crippen LogP contribution in [-0.2, 0) is 11.3 Å². The number of hydrogen-bond acceptors (Lipinski definition) is 6. The van der Waals surface area contributed by atoms with Crippen LogP contribution in [-0.4, -0.2) is 62.8 Å². The lowest BCUT2D eigenvalue weighted by atomic mass is 10.1. The summed E-state index contributed by atoms with van der Waals surface area (Å²) >= 11 is 0. The van der Waals surface area contributed by atoms with Crippen LogP contribution < -0.4 is 14.8 Å². The Hall–Kier alpha value is -4.06. The number of hydrogen-bond donors (Lipinski definition) is 1. The van der Waals surface area contributed by atoms with Gasteiger partial charge in [-0.3, -0.25) is 4.90 Å². The molecule has 1 N–H and O–H groups in total. The Morgan fingerprint density at radius 1 is 0.946 bits per heavy atom. The van der Waals surface area contributed by atoms with Crippen molar-refractivity contribution in [3.8, 4) is 17.6 Å². The molecule has 1 aliphatic heterocycles. The van der Waals surface area contributed by atoms with Gasteiger partial charge in [0.2, 0.25) is 0 Å². The number of amides is 2. The second-order valence-corrected chi connectivity index (χ2v) is 8.83. The van der Waals surface area contributed by atoms with Crippen LogP contribution in [0, 0.1) is 11.3 Å². The summed E-state index contributed by atoms with van der Waals surface area (Å²) in [5.74, 6) is 1.48. The molecule has 8 heteroatoms. The number of ether oxygens (including phenoxy) is 3. The first kappa shape index (κ1) is 26.0. The van der Waals surface area contributed by atoms with E-state index < -0.39 is 0 Å². The SMILES string of the molecule is COc1cccc(NC(=O)N2CCN(C[C@@H](OCc3ccc(C#N)cc3)c3cccc(OC)c3)CC2)c1. The van der Waals surface area contributed by atoms with Gasteiger partial charge in [-0.2, -0.15) is 5.26 Å². The summed E-state index contributed by atoms with van der Waals surface area (Å²) in [7, 11) is 3.26. The van der Waals surface area contributed by atoms with Crippen molar-refractivity contribution in [2.75, 3.05) is 52.3 Å². The molecule has 0 aromatic heterocycles. The van der Waals surface area contributed by atoms with E-state index in [0.717, 1.165) is 30.0 Å². The molecule has 37 heavy (non-hydrogen) atoms. The van der Waals surface area contributed by atoms with Gasteiger partial charge in [-0.25, -0.2) is 4.79 Å². The number of carbonyl (C=O) groups excluding carboxylic acids is 1. The zero-order valence-electron chi connectivity index (χ0n) is 21.2. The number of nitriles is 1. The molecule has 1 atom stereocenters. The maximum absolute atomic E-state index is 12.8. The van der Waals surface area contributed by atoms with E-state index >= 15 is 0 Å². The van der Waals surface area contributed by atoms with Crippen molar-refractivity contribution >= 4 is 11.7 Å². The fourth-order valence-corrected chi connectivity index (χ4v) is 4.24. The maximum atomic E-state index is 12.8. The van der Waals surface area contributed by atoms with Gasteiger partial charge >= 0.3 is 6.03 Å². The lowest BCUT2D eigenvalue weighted by Gasteiger charge is -2.36. The molecule has 2 amide bonds. The summed E-state index contributed by atoms with van der Waals surface area (Å²) in [6.45, 7) is 3.84. The second-order valence-electron chi connectivity index (χ2n) is 8.83. The van der Waals surface area contributed by atoms with Crippen LogP contribution in [0.5, 0.6) is 11.5 Å². The average Bonchev–Trinajstić information content (AvgIpc) is 2.96. The zero-order valence-corrected chi connectivity index (χ0v) is 21.2. The van der Waals surface area contributed by atoms with E-state index in [2.05, 4.69) is 16.3 Å². The normalized spacial score (nSPS) is 14.5. The standard InChI is InChI=1S/C29H32N4O4/c1-35-26-7-3-5-24(17-26)28(37-21-23-11-9-22(19-30)10-12-23)20-32-13-15-33(16-14-32)29(34)31-25-6-4-8-27(18-25)36-2/h3-12,17-18,28H,13-16,20-21H2,1-2H3,(H,31,34)/t28-/m1/s1. The van der Waals surface area contributed by atoms with Crippen LogP contribution in [0.2, 0.25) is 0 Å². The molecule has 1 fully saturated rings. The van der Waals surface area contributed by atoms with Crippen LogP contribution in [0.25, 0.3) is 0 Å². The summed E-state index contributed by atoms with van der Waals surface area (Å²) in [6, 6.07) is 24.7. The average molecular weight is 501 g/mol. The smallest absolute Gasteiger partial charge is 0.321 e. The van der Waals surface area contributed by atoms with Gasteiger partial charge in [-0.05, 0) is 47.5 Å². The van der Waals surface area contributed by atoms with Crippen LogP contribution in [0.15, 0.2) is 72.8 Å². The Labute approximate surface area is 218 Å². The van der Waals surface area contributed by atoms with Gasteiger partial charge in [0.15, 0.2) is 0 Å². The molecule has 1 heterocycles. The summed E-state index contributed by atoms with van der Waals surface area (Å²) in [4.78, 5) is 16.9. The van der Waals surface area contributed by atoms with Gasteiger partial charge in [0, 0.05) is 44.5 Å². The number of methoxy groups -OCH3 is 2. The van der Waals surface area contributed by atoms with Crippen molar-refractivity contribution in [2.24, 2.45) is 0 Å². The highest BCUT2D eigenvalue weighted by atomic mass is 16.5. The number of nitrogens with zero attached hydrogens (tertiary/aromatic N) is 3. The molecule has 0 spiro atoms. The zero-order chi connectivity index (χ0) is 26.0. The molecule has 0 unspecified atom stereocenters. The number of piperazine rings is 1. The first-order valence-corrected chi connectivity index (χ1v) is 12.2. The van der Waals surface area contributed by atoms with Crippen LogP contribution in [0.1, 0.15) is 22.8 Å². The summed E-state index contributed by atoms with van der Waals surface area (Å²) in [6.07, 6.45) is -0.178. The molecule has 8 nitrogen and oxygen atoms in total. The maximum Gasteiger partial charge on any atom is 0.321 e. The first-order chi connectivity index (χ1) is 18.1. The van der Waals surface area contributed by atoms with Crippen LogP contribution in [0.4, 0.5) is 10.5 Å². The van der Waals surface area contributed by atoms with Gasteiger partial charge in [0.25, 0.3) is 0 Å². The minimum Gasteiger partial charge on any atom is -0.497 e. The highest BCUT2D eigenvalue weighted by Crippen LogP contribution is 2.25. The molecule has 3 aromatic carbocycles. The monoisotopic (exact) mass is 500 g/mol. The van der Waals surface area contributed by atoms with E-state index in [4.69, 9.17) is 19.5 Å². The molecule has 1 aliphatic rings. The van der Waals surface area contributed by atoms with E-state index in [1.54, 1.807) is 32.4 Å². The molecule has 4 rings (SSSR count). The van der Waals surface area contributed by atoms with E-state index in [1.807, 2.05) is 59.5 Å². The topological polar surface area (TPSA) is 87.1 Å². The van der Waals surface area contributed by atoms with Crippen LogP contribution >= 0.6 is 0 Å². The number of carbonyl (C=O) groups is 1. The number of rotatable bonds is 9. The lowest BCUT2D eigenvalue weighted by molar-refractivity contribution is 0.00584. The van der Waals surface area contributed by atoms with Crippen LogP contribution in [0.3, 0.4) is 0 Å². The van der Waals surface area contributed by atoms with Crippen molar-refractivity contribution in [3.63, 3.8) is 0 Å². The molecule has 1 saturated heterocycles. The molecule has 0 saturated carbocycles. The largest absolute Gasteiger partial charge is 0.497 e. The number of benzene rings is 3. The second kappa shape index (κ2) is 12.8. The van der Waals surface area contributed by atoms with Gasteiger partial charge in [0.1, 0.15) is 11.5 Å². The van der Waals surface area contributed by atoms with Gasteiger partial charge in [0.05, 0.1) is 38.6 Å². The summed E-state index contributed by atoms with van der Waals surface area (Å²) in [5, 5.41) is 12.0. The molecule has 0 radical (unpaired) electrons. The van der Waals surface area contributed by atoms with Gasteiger partial charge < -0.3 is 24.4 Å². The third kappa shape index (κ3) is 7.23. The van der Waals surface area contributed by atoms with Gasteiger partial charge in [-0.1, -0.05) is 30.3 Å². The third-order valence-electron chi connectivity index (χ3n) is 6.40. The number of nitrogens with one attached hydrogen (secondary N) is 1. The third-order valence-corrected chi connectivity index (χ3v) is 6.40. The molecular formula is C29H32N4O4. The van der Waals surface area contributed by atoms with Crippen molar-refractivity contribution in [2.45, 2.75) is 12.7 Å². The predicted octanol–water partition coefficient (Wildman–Crippen LogP) is 4.68.